The Morgan fingerprint density at radius 3 is 2.19 bits per heavy atom. The zero-order chi connectivity index (χ0) is 18.6. The predicted molar refractivity (Wildman–Crippen MR) is 102 cm³/mol. The monoisotopic (exact) mass is 372 g/mol. The van der Waals surface area contributed by atoms with Gasteiger partial charge in [0.25, 0.3) is 0 Å². The molecule has 2 aromatic carbocycles. The van der Waals surface area contributed by atoms with Crippen LogP contribution >= 0.6 is 0 Å². The molecule has 0 radical (unpaired) electrons. The van der Waals surface area contributed by atoms with E-state index in [9.17, 15) is 13.2 Å². The second-order valence-corrected chi connectivity index (χ2v) is 8.46. The van der Waals surface area contributed by atoms with E-state index in [-0.39, 0.29) is 5.78 Å². The van der Waals surface area contributed by atoms with Gasteiger partial charge in [-0.3, -0.25) is 4.79 Å². The SMILES string of the molecule is Cc1ccccc1S(=O)(=O)N1CCN(CCC(=O)c2ccccc2)CC1. The topological polar surface area (TPSA) is 57.7 Å². The van der Waals surface area contributed by atoms with E-state index in [1.807, 2.05) is 49.4 Å². The maximum Gasteiger partial charge on any atom is 0.243 e. The molecule has 26 heavy (non-hydrogen) atoms. The third-order valence-electron chi connectivity index (χ3n) is 4.79. The summed E-state index contributed by atoms with van der Waals surface area (Å²) in [6, 6.07) is 16.4. The van der Waals surface area contributed by atoms with E-state index in [4.69, 9.17) is 0 Å². The van der Waals surface area contributed by atoms with Crippen LogP contribution in [-0.4, -0.2) is 56.1 Å². The summed E-state index contributed by atoms with van der Waals surface area (Å²) in [5.74, 6) is 0.126. The van der Waals surface area contributed by atoms with Crippen molar-refractivity contribution in [1.29, 1.82) is 0 Å². The fraction of sp³-hybridized carbons (Fsp3) is 0.350. The molecule has 0 aromatic heterocycles. The number of carbonyl (C=O) groups excluding carboxylic acids is 1. The van der Waals surface area contributed by atoms with Crippen molar-refractivity contribution in [2.45, 2.75) is 18.2 Å². The molecule has 2 aromatic rings. The van der Waals surface area contributed by atoms with Crippen molar-refractivity contribution < 1.29 is 13.2 Å². The second kappa shape index (κ2) is 8.12. The molecule has 0 aliphatic carbocycles. The maximum absolute atomic E-state index is 12.8. The van der Waals surface area contributed by atoms with Crippen molar-refractivity contribution in [2.24, 2.45) is 0 Å². The number of nitrogens with zero attached hydrogens (tertiary/aromatic N) is 2. The van der Waals surface area contributed by atoms with Gasteiger partial charge in [-0.1, -0.05) is 48.5 Å². The number of benzene rings is 2. The highest BCUT2D eigenvalue weighted by atomic mass is 32.2. The Labute approximate surface area is 155 Å². The highest BCUT2D eigenvalue weighted by molar-refractivity contribution is 7.89. The Morgan fingerprint density at radius 2 is 1.54 bits per heavy atom. The van der Waals surface area contributed by atoms with E-state index in [1.165, 1.54) is 0 Å². The van der Waals surface area contributed by atoms with E-state index >= 15 is 0 Å². The first-order chi connectivity index (χ1) is 12.5. The van der Waals surface area contributed by atoms with Gasteiger partial charge in [0.2, 0.25) is 10.0 Å². The molecule has 1 heterocycles. The van der Waals surface area contributed by atoms with Crippen LogP contribution in [0.4, 0.5) is 0 Å². The number of piperazine rings is 1. The molecular formula is C20H24N2O3S. The molecule has 0 bridgehead atoms. The lowest BCUT2D eigenvalue weighted by molar-refractivity contribution is 0.0952. The Balaban J connectivity index is 1.54. The average molecular weight is 372 g/mol. The summed E-state index contributed by atoms with van der Waals surface area (Å²) < 4.78 is 27.2. The van der Waals surface area contributed by atoms with Gasteiger partial charge in [0.1, 0.15) is 0 Å². The van der Waals surface area contributed by atoms with Gasteiger partial charge in [0.05, 0.1) is 4.90 Å². The lowest BCUT2D eigenvalue weighted by Gasteiger charge is -2.34. The molecule has 1 aliphatic heterocycles. The van der Waals surface area contributed by atoms with Crippen molar-refractivity contribution in [3.63, 3.8) is 0 Å². The van der Waals surface area contributed by atoms with Crippen LogP contribution in [0.25, 0.3) is 0 Å². The minimum atomic E-state index is -3.45. The number of Topliss-reactive ketones (excluding diaryl/α,β-unsaturated/α-hetero) is 1. The largest absolute Gasteiger partial charge is 0.300 e. The Morgan fingerprint density at radius 1 is 0.923 bits per heavy atom. The van der Waals surface area contributed by atoms with E-state index in [0.29, 0.717) is 44.0 Å². The van der Waals surface area contributed by atoms with Crippen LogP contribution in [0.2, 0.25) is 0 Å². The number of rotatable bonds is 6. The molecule has 0 amide bonds. The summed E-state index contributed by atoms with van der Waals surface area (Å²) in [6.07, 6.45) is 0.453. The Kier molecular flexibility index (Phi) is 5.86. The highest BCUT2D eigenvalue weighted by Gasteiger charge is 2.29. The number of carbonyl (C=O) groups is 1. The van der Waals surface area contributed by atoms with Gasteiger partial charge in [-0.25, -0.2) is 8.42 Å². The quantitative estimate of drug-likeness (QED) is 0.732. The summed E-state index contributed by atoms with van der Waals surface area (Å²) >= 11 is 0. The number of hydrogen-bond donors (Lipinski definition) is 0. The smallest absolute Gasteiger partial charge is 0.243 e. The summed E-state index contributed by atoms with van der Waals surface area (Å²) in [6.45, 7) is 4.68. The van der Waals surface area contributed by atoms with Crippen LogP contribution in [0.3, 0.4) is 0 Å². The molecule has 1 fully saturated rings. The van der Waals surface area contributed by atoms with Gasteiger partial charge in [-0.05, 0) is 18.6 Å². The Hall–Kier alpha value is -2.02. The van der Waals surface area contributed by atoms with E-state index in [2.05, 4.69) is 4.90 Å². The molecule has 138 valence electrons. The van der Waals surface area contributed by atoms with E-state index < -0.39 is 10.0 Å². The summed E-state index contributed by atoms with van der Waals surface area (Å²) in [5.41, 5.74) is 1.50. The third kappa shape index (κ3) is 4.20. The van der Waals surface area contributed by atoms with Crippen LogP contribution in [0.1, 0.15) is 22.3 Å². The van der Waals surface area contributed by atoms with Gasteiger partial charge in [0, 0.05) is 44.7 Å². The fourth-order valence-electron chi connectivity index (χ4n) is 3.21. The molecule has 1 saturated heterocycles. The van der Waals surface area contributed by atoms with Gasteiger partial charge < -0.3 is 4.90 Å². The van der Waals surface area contributed by atoms with Crippen molar-refractivity contribution in [3.05, 3.63) is 65.7 Å². The van der Waals surface area contributed by atoms with Crippen LogP contribution in [-0.2, 0) is 10.0 Å². The molecule has 3 rings (SSSR count). The lowest BCUT2D eigenvalue weighted by Crippen LogP contribution is -2.49. The molecule has 5 nitrogen and oxygen atoms in total. The van der Waals surface area contributed by atoms with E-state index in [0.717, 1.165) is 11.1 Å². The zero-order valence-electron chi connectivity index (χ0n) is 15.0. The first-order valence-electron chi connectivity index (χ1n) is 8.85. The molecule has 0 atom stereocenters. The van der Waals surface area contributed by atoms with Crippen molar-refractivity contribution in [3.8, 4) is 0 Å². The average Bonchev–Trinajstić information content (AvgIpc) is 2.67. The van der Waals surface area contributed by atoms with Gasteiger partial charge in [0.15, 0.2) is 5.78 Å². The van der Waals surface area contributed by atoms with Gasteiger partial charge in [-0.15, -0.1) is 0 Å². The number of aryl methyl sites for hydroxylation is 1. The summed E-state index contributed by atoms with van der Waals surface area (Å²) in [7, 11) is -3.45. The summed E-state index contributed by atoms with van der Waals surface area (Å²) in [5, 5.41) is 0. The van der Waals surface area contributed by atoms with Gasteiger partial charge in [-0.2, -0.15) is 4.31 Å². The van der Waals surface area contributed by atoms with Crippen molar-refractivity contribution >= 4 is 15.8 Å². The molecule has 1 aliphatic rings. The van der Waals surface area contributed by atoms with E-state index in [1.54, 1.807) is 16.4 Å². The normalized spacial score (nSPS) is 16.5. The minimum absolute atomic E-state index is 0.126. The molecule has 0 saturated carbocycles. The molecular weight excluding hydrogens is 348 g/mol. The highest BCUT2D eigenvalue weighted by Crippen LogP contribution is 2.21. The standard InChI is InChI=1S/C20H24N2O3S/c1-17-7-5-6-10-20(17)26(24,25)22-15-13-21(14-16-22)12-11-19(23)18-8-3-2-4-9-18/h2-10H,11-16H2,1H3. The molecule has 0 spiro atoms. The van der Waals surface area contributed by atoms with Gasteiger partial charge >= 0.3 is 0 Å². The number of ketones is 1. The Bertz CT molecular complexity index is 858. The minimum Gasteiger partial charge on any atom is -0.300 e. The third-order valence-corrected chi connectivity index (χ3v) is 6.85. The van der Waals surface area contributed by atoms with Crippen LogP contribution < -0.4 is 0 Å². The fourth-order valence-corrected chi connectivity index (χ4v) is 4.85. The lowest BCUT2D eigenvalue weighted by atomic mass is 10.1. The van der Waals surface area contributed by atoms with Crippen LogP contribution in [0, 0.1) is 6.92 Å². The zero-order valence-corrected chi connectivity index (χ0v) is 15.8. The first-order valence-corrected chi connectivity index (χ1v) is 10.3. The molecule has 6 heteroatoms. The van der Waals surface area contributed by atoms with Crippen molar-refractivity contribution in [2.75, 3.05) is 32.7 Å². The maximum atomic E-state index is 12.8. The summed E-state index contributed by atoms with van der Waals surface area (Å²) in [4.78, 5) is 14.7. The molecule has 0 N–H and O–H groups in total. The number of sulfonamides is 1. The predicted octanol–water partition coefficient (Wildman–Crippen LogP) is 2.57. The van der Waals surface area contributed by atoms with Crippen LogP contribution in [0.15, 0.2) is 59.5 Å². The van der Waals surface area contributed by atoms with Crippen molar-refractivity contribution in [1.82, 2.24) is 9.21 Å². The number of hydrogen-bond acceptors (Lipinski definition) is 4. The second-order valence-electron chi connectivity index (χ2n) is 6.55. The first kappa shape index (κ1) is 18.8. The van der Waals surface area contributed by atoms with Crippen LogP contribution in [0.5, 0.6) is 0 Å². The molecule has 0 unspecified atom stereocenters.